The molecule has 4 rings (SSSR count). The van der Waals surface area contributed by atoms with E-state index in [-0.39, 0.29) is 17.7 Å². The molecule has 0 atom stereocenters. The monoisotopic (exact) mass is 381 g/mol. The van der Waals surface area contributed by atoms with Crippen molar-refractivity contribution in [3.8, 4) is 11.3 Å². The van der Waals surface area contributed by atoms with Crippen molar-refractivity contribution in [2.75, 3.05) is 13.1 Å². The van der Waals surface area contributed by atoms with Gasteiger partial charge in [0.05, 0.1) is 16.8 Å². The molecule has 0 bridgehead atoms. The van der Waals surface area contributed by atoms with E-state index >= 15 is 0 Å². The van der Waals surface area contributed by atoms with Crippen LogP contribution >= 0.6 is 11.8 Å². The van der Waals surface area contributed by atoms with Crippen molar-refractivity contribution < 1.29 is 9.59 Å². The fraction of sp³-hybridized carbons (Fsp3) is 0.263. The summed E-state index contributed by atoms with van der Waals surface area (Å²) >= 11 is 1.37. The number of amidine groups is 1. The van der Waals surface area contributed by atoms with E-state index in [9.17, 15) is 9.59 Å². The van der Waals surface area contributed by atoms with Gasteiger partial charge >= 0.3 is 0 Å². The second-order valence-electron chi connectivity index (χ2n) is 6.54. The summed E-state index contributed by atoms with van der Waals surface area (Å²) < 4.78 is 0. The smallest absolute Gasteiger partial charge is 0.286 e. The lowest BCUT2D eigenvalue weighted by atomic mass is 9.97. The number of hydrogen-bond donors (Lipinski definition) is 2. The van der Waals surface area contributed by atoms with Crippen molar-refractivity contribution in [1.29, 1.82) is 0 Å². The maximum absolute atomic E-state index is 12.4. The van der Waals surface area contributed by atoms with Gasteiger partial charge in [0, 0.05) is 30.1 Å². The van der Waals surface area contributed by atoms with Gasteiger partial charge in [-0.3, -0.25) is 14.7 Å². The number of rotatable bonds is 3. The summed E-state index contributed by atoms with van der Waals surface area (Å²) in [5.41, 5.74) is 8.11. The minimum atomic E-state index is -0.249. The number of aromatic nitrogens is 2. The highest BCUT2D eigenvalue weighted by Crippen LogP contribution is 2.33. The number of primary amides is 1. The highest BCUT2D eigenvalue weighted by molar-refractivity contribution is 8.18. The number of carbonyl (C=O) groups is 2. The third-order valence-corrected chi connectivity index (χ3v) is 5.84. The molecule has 1 saturated heterocycles. The Balaban J connectivity index is 1.49. The van der Waals surface area contributed by atoms with E-state index in [1.165, 1.54) is 11.8 Å². The number of benzene rings is 1. The van der Waals surface area contributed by atoms with Crippen LogP contribution in [0.5, 0.6) is 0 Å². The van der Waals surface area contributed by atoms with E-state index in [1.807, 2.05) is 36.4 Å². The van der Waals surface area contributed by atoms with Gasteiger partial charge in [-0.2, -0.15) is 10.1 Å². The third kappa shape index (κ3) is 3.66. The number of piperidine rings is 1. The Bertz CT molecular complexity index is 927. The van der Waals surface area contributed by atoms with Crippen molar-refractivity contribution in [3.63, 3.8) is 0 Å². The molecule has 1 fully saturated rings. The number of carbonyl (C=O) groups excluding carboxylic acids is 2. The molecule has 2 amide bonds. The predicted molar refractivity (Wildman–Crippen MR) is 106 cm³/mol. The Morgan fingerprint density at radius 1 is 1.26 bits per heavy atom. The summed E-state index contributed by atoms with van der Waals surface area (Å²) in [6.07, 6.45) is 4.93. The van der Waals surface area contributed by atoms with Gasteiger partial charge in [0.1, 0.15) is 0 Å². The SMILES string of the molecule is NC(=O)C1CCN(C2=NC(=O)/C(=C/c3cn[nH]c3-c3ccccc3)S2)CC1. The summed E-state index contributed by atoms with van der Waals surface area (Å²) in [6.45, 7) is 1.36. The zero-order chi connectivity index (χ0) is 18.8. The van der Waals surface area contributed by atoms with Gasteiger partial charge in [0.25, 0.3) is 5.91 Å². The molecule has 0 spiro atoms. The number of aromatic amines is 1. The number of nitrogens with one attached hydrogen (secondary N) is 1. The normalized spacial score (nSPS) is 19.6. The van der Waals surface area contributed by atoms with E-state index < -0.39 is 0 Å². The number of aliphatic imine (C=N–C) groups is 1. The van der Waals surface area contributed by atoms with E-state index in [1.54, 1.807) is 6.20 Å². The lowest BCUT2D eigenvalue weighted by Gasteiger charge is -2.31. The number of amides is 2. The molecule has 3 heterocycles. The minimum Gasteiger partial charge on any atom is -0.369 e. The van der Waals surface area contributed by atoms with Gasteiger partial charge in [-0.15, -0.1) is 0 Å². The van der Waals surface area contributed by atoms with Crippen molar-refractivity contribution in [2.24, 2.45) is 16.6 Å². The van der Waals surface area contributed by atoms with Crippen LogP contribution in [0.1, 0.15) is 18.4 Å². The first kappa shape index (κ1) is 17.5. The van der Waals surface area contributed by atoms with Crippen LogP contribution in [0.3, 0.4) is 0 Å². The molecule has 2 aliphatic heterocycles. The molecule has 27 heavy (non-hydrogen) atoms. The second kappa shape index (κ2) is 7.40. The Morgan fingerprint density at radius 3 is 2.70 bits per heavy atom. The first-order valence-electron chi connectivity index (χ1n) is 8.77. The van der Waals surface area contributed by atoms with Gasteiger partial charge in [-0.25, -0.2) is 0 Å². The number of likely N-dealkylation sites (tertiary alicyclic amines) is 1. The van der Waals surface area contributed by atoms with Crippen molar-refractivity contribution in [1.82, 2.24) is 15.1 Å². The molecule has 3 N–H and O–H groups in total. The average molecular weight is 381 g/mol. The zero-order valence-corrected chi connectivity index (χ0v) is 15.4. The van der Waals surface area contributed by atoms with Gasteiger partial charge in [-0.1, -0.05) is 30.3 Å². The average Bonchev–Trinajstić information content (AvgIpc) is 3.30. The van der Waals surface area contributed by atoms with E-state index in [2.05, 4.69) is 20.1 Å². The lowest BCUT2D eigenvalue weighted by Crippen LogP contribution is -2.40. The van der Waals surface area contributed by atoms with E-state index in [0.717, 1.165) is 16.8 Å². The van der Waals surface area contributed by atoms with Crippen LogP contribution in [0.25, 0.3) is 17.3 Å². The largest absolute Gasteiger partial charge is 0.369 e. The summed E-state index contributed by atoms with van der Waals surface area (Å²) in [5.74, 6) is -0.578. The standard InChI is InChI=1S/C19H19N5O2S/c20-17(25)13-6-8-24(9-7-13)19-22-18(26)15(27-19)10-14-11-21-23-16(14)12-4-2-1-3-5-12/h1-5,10-11,13H,6-9H2,(H2,20,25)(H,21,23)/b15-10-. The predicted octanol–water partition coefficient (Wildman–Crippen LogP) is 2.24. The van der Waals surface area contributed by atoms with Crippen LogP contribution in [0.4, 0.5) is 0 Å². The molecular formula is C19H19N5O2S. The number of hydrogen-bond acceptors (Lipinski definition) is 5. The number of H-pyrrole nitrogens is 1. The van der Waals surface area contributed by atoms with Crippen molar-refractivity contribution in [2.45, 2.75) is 12.8 Å². The maximum Gasteiger partial charge on any atom is 0.286 e. The fourth-order valence-corrected chi connectivity index (χ4v) is 4.23. The zero-order valence-electron chi connectivity index (χ0n) is 14.6. The second-order valence-corrected chi connectivity index (χ2v) is 7.55. The van der Waals surface area contributed by atoms with Crippen molar-refractivity contribution in [3.05, 3.63) is 47.0 Å². The molecule has 0 saturated carbocycles. The first-order valence-corrected chi connectivity index (χ1v) is 9.59. The van der Waals surface area contributed by atoms with Crippen LogP contribution in [0, 0.1) is 5.92 Å². The Kier molecular flexibility index (Phi) is 4.81. The molecule has 138 valence electrons. The number of nitrogens with two attached hydrogens (primary N) is 1. The Morgan fingerprint density at radius 2 is 2.00 bits per heavy atom. The summed E-state index contributed by atoms with van der Waals surface area (Å²) in [7, 11) is 0. The molecule has 2 aliphatic rings. The fourth-order valence-electron chi connectivity index (χ4n) is 3.27. The molecule has 1 aromatic carbocycles. The van der Waals surface area contributed by atoms with Gasteiger partial charge in [-0.05, 0) is 30.7 Å². The van der Waals surface area contributed by atoms with Crippen LogP contribution in [0.15, 0.2) is 46.4 Å². The topological polar surface area (TPSA) is 104 Å². The lowest BCUT2D eigenvalue weighted by molar-refractivity contribution is -0.123. The first-order chi connectivity index (χ1) is 13.1. The van der Waals surface area contributed by atoms with E-state index in [0.29, 0.717) is 36.0 Å². The van der Waals surface area contributed by atoms with Gasteiger partial charge in [0.15, 0.2) is 5.17 Å². The molecule has 0 radical (unpaired) electrons. The van der Waals surface area contributed by atoms with Crippen LogP contribution in [-0.4, -0.2) is 45.2 Å². The minimum absolute atomic E-state index is 0.0849. The summed E-state index contributed by atoms with van der Waals surface area (Å²) in [6, 6.07) is 9.85. The Labute approximate surface area is 160 Å². The quantitative estimate of drug-likeness (QED) is 0.794. The third-order valence-electron chi connectivity index (χ3n) is 4.79. The van der Waals surface area contributed by atoms with Gasteiger partial charge < -0.3 is 10.6 Å². The maximum atomic E-state index is 12.4. The molecule has 0 aliphatic carbocycles. The molecule has 2 aromatic rings. The number of thioether (sulfide) groups is 1. The van der Waals surface area contributed by atoms with E-state index in [4.69, 9.17) is 5.73 Å². The number of nitrogens with zero attached hydrogens (tertiary/aromatic N) is 3. The molecule has 1 aromatic heterocycles. The summed E-state index contributed by atoms with van der Waals surface area (Å²) in [4.78, 5) is 30.5. The Hall–Kier alpha value is -2.87. The van der Waals surface area contributed by atoms with Crippen LogP contribution < -0.4 is 5.73 Å². The molecular weight excluding hydrogens is 362 g/mol. The van der Waals surface area contributed by atoms with Crippen LogP contribution in [-0.2, 0) is 9.59 Å². The van der Waals surface area contributed by atoms with Gasteiger partial charge in [0.2, 0.25) is 5.91 Å². The highest BCUT2D eigenvalue weighted by Gasteiger charge is 2.30. The van der Waals surface area contributed by atoms with Crippen molar-refractivity contribution >= 4 is 34.8 Å². The highest BCUT2D eigenvalue weighted by atomic mass is 32.2. The molecule has 8 heteroatoms. The summed E-state index contributed by atoms with van der Waals surface area (Å²) in [5, 5.41) is 7.81. The van der Waals surface area contributed by atoms with Crippen LogP contribution in [0.2, 0.25) is 0 Å². The molecule has 0 unspecified atom stereocenters. The molecule has 7 nitrogen and oxygen atoms in total.